The molecular weight excluding hydrogens is 464 g/mol. The number of anilines is 2. The van der Waals surface area contributed by atoms with Gasteiger partial charge in [-0.15, -0.1) is 11.3 Å². The quantitative estimate of drug-likeness (QED) is 0.282. The van der Waals surface area contributed by atoms with Crippen LogP contribution in [0.15, 0.2) is 72.1 Å². The third-order valence-electron chi connectivity index (χ3n) is 5.32. The van der Waals surface area contributed by atoms with Crippen LogP contribution in [-0.4, -0.2) is 32.2 Å². The molecule has 180 valence electrons. The summed E-state index contributed by atoms with van der Waals surface area (Å²) in [6.07, 6.45) is 0. The Hall–Kier alpha value is -4.04. The van der Waals surface area contributed by atoms with E-state index in [1.165, 1.54) is 23.2 Å². The molecule has 1 heterocycles. The molecule has 0 aliphatic rings. The van der Waals surface area contributed by atoms with Crippen molar-refractivity contribution in [2.24, 2.45) is 0 Å². The number of hydrogen-bond acceptors (Lipinski definition) is 7. The van der Waals surface area contributed by atoms with Crippen LogP contribution in [0, 0.1) is 0 Å². The van der Waals surface area contributed by atoms with E-state index in [0.29, 0.717) is 40.4 Å². The van der Waals surface area contributed by atoms with Gasteiger partial charge in [0.05, 0.1) is 32.7 Å². The topological polar surface area (TPSA) is 70.1 Å². The number of rotatable bonds is 9. The van der Waals surface area contributed by atoms with Crippen molar-refractivity contribution in [1.29, 1.82) is 0 Å². The smallest absolute Gasteiger partial charge is 0.230 e. The van der Waals surface area contributed by atoms with Gasteiger partial charge in [0.1, 0.15) is 18.1 Å². The molecule has 1 amide bonds. The Morgan fingerprint density at radius 3 is 2.34 bits per heavy atom. The average Bonchev–Trinajstić information content (AvgIpc) is 3.37. The van der Waals surface area contributed by atoms with Crippen LogP contribution in [0.4, 0.5) is 10.8 Å². The van der Waals surface area contributed by atoms with Gasteiger partial charge in [-0.2, -0.15) is 0 Å². The molecule has 0 saturated carbocycles. The van der Waals surface area contributed by atoms with Crippen molar-refractivity contribution in [1.82, 2.24) is 4.98 Å². The van der Waals surface area contributed by atoms with E-state index in [0.717, 1.165) is 16.8 Å². The Labute approximate surface area is 208 Å². The van der Waals surface area contributed by atoms with E-state index in [-0.39, 0.29) is 5.91 Å². The lowest BCUT2D eigenvalue weighted by Crippen LogP contribution is -2.23. The van der Waals surface area contributed by atoms with Crippen LogP contribution in [0.3, 0.4) is 0 Å². The molecule has 0 N–H and O–H groups in total. The summed E-state index contributed by atoms with van der Waals surface area (Å²) in [4.78, 5) is 18.9. The summed E-state index contributed by atoms with van der Waals surface area (Å²) in [5.74, 6) is 2.21. The number of hydrogen-bond donors (Lipinski definition) is 0. The molecule has 0 spiro atoms. The van der Waals surface area contributed by atoms with Gasteiger partial charge in [-0.25, -0.2) is 4.98 Å². The summed E-state index contributed by atoms with van der Waals surface area (Å²) in [5.41, 5.74) is 3.21. The zero-order valence-electron chi connectivity index (χ0n) is 20.0. The molecular formula is C27H26N2O5S. The molecule has 4 rings (SSSR count). The second-order valence-corrected chi connectivity index (χ2v) is 8.38. The summed E-state index contributed by atoms with van der Waals surface area (Å²) in [6.45, 7) is 1.91. The standard InChI is InChI=1S/C27H26N2O5S/c1-18(30)29(23-12-11-21(31-2)15-25(23)33-4)27-28-22(17-35-27)20-10-13-24(32-3)26(14-20)34-16-19-8-6-5-7-9-19/h5-15,17H,16H2,1-4H3. The highest BCUT2D eigenvalue weighted by Crippen LogP contribution is 2.40. The number of amides is 1. The minimum atomic E-state index is -0.184. The summed E-state index contributed by atoms with van der Waals surface area (Å²) < 4.78 is 22.3. The summed E-state index contributed by atoms with van der Waals surface area (Å²) in [5, 5.41) is 2.43. The third kappa shape index (κ3) is 5.38. The van der Waals surface area contributed by atoms with Crippen LogP contribution in [0.1, 0.15) is 12.5 Å². The molecule has 1 aromatic heterocycles. The molecule has 3 aromatic carbocycles. The zero-order valence-corrected chi connectivity index (χ0v) is 20.8. The van der Waals surface area contributed by atoms with E-state index < -0.39 is 0 Å². The van der Waals surface area contributed by atoms with Crippen LogP contribution in [0.5, 0.6) is 23.0 Å². The fourth-order valence-electron chi connectivity index (χ4n) is 3.56. The van der Waals surface area contributed by atoms with Crippen LogP contribution in [-0.2, 0) is 11.4 Å². The van der Waals surface area contributed by atoms with Crippen LogP contribution >= 0.6 is 11.3 Å². The Kier molecular flexibility index (Phi) is 7.52. The van der Waals surface area contributed by atoms with Crippen LogP contribution in [0.2, 0.25) is 0 Å². The maximum Gasteiger partial charge on any atom is 0.230 e. The van der Waals surface area contributed by atoms with Crippen molar-refractivity contribution >= 4 is 28.1 Å². The minimum Gasteiger partial charge on any atom is -0.497 e. The lowest BCUT2D eigenvalue weighted by molar-refractivity contribution is -0.115. The SMILES string of the molecule is COc1ccc(N(C(C)=O)c2nc(-c3ccc(OC)c(OCc4ccccc4)c3)cs2)c(OC)c1. The molecule has 0 atom stereocenters. The van der Waals surface area contributed by atoms with E-state index in [2.05, 4.69) is 0 Å². The van der Waals surface area contributed by atoms with Crippen LogP contribution < -0.4 is 23.8 Å². The van der Waals surface area contributed by atoms with Gasteiger partial charge in [0.15, 0.2) is 16.6 Å². The second-order valence-electron chi connectivity index (χ2n) is 7.55. The lowest BCUT2D eigenvalue weighted by Gasteiger charge is -2.21. The molecule has 0 unspecified atom stereocenters. The highest BCUT2D eigenvalue weighted by molar-refractivity contribution is 7.14. The van der Waals surface area contributed by atoms with Gasteiger partial charge in [0.25, 0.3) is 0 Å². The first-order valence-electron chi connectivity index (χ1n) is 10.9. The highest BCUT2D eigenvalue weighted by Gasteiger charge is 2.22. The number of methoxy groups -OCH3 is 3. The van der Waals surface area contributed by atoms with Crippen molar-refractivity contribution < 1.29 is 23.7 Å². The lowest BCUT2D eigenvalue weighted by atomic mass is 10.1. The van der Waals surface area contributed by atoms with Gasteiger partial charge < -0.3 is 18.9 Å². The average molecular weight is 491 g/mol. The fraction of sp³-hybridized carbons (Fsp3) is 0.185. The molecule has 7 nitrogen and oxygen atoms in total. The van der Waals surface area contributed by atoms with E-state index in [9.17, 15) is 4.79 Å². The molecule has 0 saturated heterocycles. The fourth-order valence-corrected chi connectivity index (χ4v) is 4.45. The van der Waals surface area contributed by atoms with E-state index in [1.807, 2.05) is 53.9 Å². The van der Waals surface area contributed by atoms with Crippen molar-refractivity contribution in [2.75, 3.05) is 26.2 Å². The van der Waals surface area contributed by atoms with Crippen molar-refractivity contribution in [3.05, 3.63) is 77.7 Å². The minimum absolute atomic E-state index is 0.184. The van der Waals surface area contributed by atoms with E-state index >= 15 is 0 Å². The van der Waals surface area contributed by atoms with Gasteiger partial charge in [-0.05, 0) is 35.9 Å². The van der Waals surface area contributed by atoms with E-state index in [4.69, 9.17) is 23.9 Å². The van der Waals surface area contributed by atoms with E-state index in [1.54, 1.807) is 39.5 Å². The van der Waals surface area contributed by atoms with Gasteiger partial charge in [-0.3, -0.25) is 9.69 Å². The molecule has 0 aliphatic heterocycles. The number of ether oxygens (including phenoxy) is 4. The van der Waals surface area contributed by atoms with Crippen molar-refractivity contribution in [2.45, 2.75) is 13.5 Å². The zero-order chi connectivity index (χ0) is 24.8. The summed E-state index contributed by atoms with van der Waals surface area (Å²) in [7, 11) is 4.74. The van der Waals surface area contributed by atoms with Crippen molar-refractivity contribution in [3.8, 4) is 34.3 Å². The molecule has 0 bridgehead atoms. The third-order valence-corrected chi connectivity index (χ3v) is 6.15. The monoisotopic (exact) mass is 490 g/mol. The van der Waals surface area contributed by atoms with Crippen LogP contribution in [0.25, 0.3) is 11.3 Å². The first kappa shape index (κ1) is 24.1. The van der Waals surface area contributed by atoms with Gasteiger partial charge >= 0.3 is 0 Å². The second kappa shape index (κ2) is 10.9. The molecule has 8 heteroatoms. The first-order chi connectivity index (χ1) is 17.0. The van der Waals surface area contributed by atoms with Gasteiger partial charge in [0, 0.05) is 23.9 Å². The Morgan fingerprint density at radius 2 is 1.66 bits per heavy atom. The van der Waals surface area contributed by atoms with Crippen molar-refractivity contribution in [3.63, 3.8) is 0 Å². The maximum absolute atomic E-state index is 12.6. The molecule has 35 heavy (non-hydrogen) atoms. The normalized spacial score (nSPS) is 10.5. The predicted octanol–water partition coefficient (Wildman–Crippen LogP) is 6.10. The summed E-state index contributed by atoms with van der Waals surface area (Å²) >= 11 is 1.37. The maximum atomic E-state index is 12.6. The number of nitrogens with zero attached hydrogens (tertiary/aromatic N) is 2. The number of benzene rings is 3. The molecule has 4 aromatic rings. The highest BCUT2D eigenvalue weighted by atomic mass is 32.1. The van der Waals surface area contributed by atoms with Gasteiger partial charge in [0.2, 0.25) is 5.91 Å². The Bertz CT molecular complexity index is 1310. The molecule has 0 radical (unpaired) electrons. The molecule has 0 aliphatic carbocycles. The number of carbonyl (C=O) groups excluding carboxylic acids is 1. The Morgan fingerprint density at radius 1 is 0.886 bits per heavy atom. The number of aromatic nitrogens is 1. The number of thiazole rings is 1. The Balaban J connectivity index is 1.64. The number of carbonyl (C=O) groups is 1. The summed E-state index contributed by atoms with van der Waals surface area (Å²) in [6, 6.07) is 20.9. The largest absolute Gasteiger partial charge is 0.497 e. The first-order valence-corrected chi connectivity index (χ1v) is 11.8. The van der Waals surface area contributed by atoms with Gasteiger partial charge in [-0.1, -0.05) is 30.3 Å². The predicted molar refractivity (Wildman–Crippen MR) is 137 cm³/mol. The molecule has 0 fully saturated rings.